The molecule has 3 aromatic rings. The van der Waals surface area contributed by atoms with Crippen molar-refractivity contribution in [1.29, 1.82) is 0 Å². The maximum absolute atomic E-state index is 13.3. The van der Waals surface area contributed by atoms with Crippen molar-refractivity contribution < 1.29 is 18.7 Å². The molecule has 1 fully saturated rings. The van der Waals surface area contributed by atoms with Gasteiger partial charge in [-0.3, -0.25) is 4.79 Å². The number of rotatable bonds is 10. The molecule has 1 aliphatic heterocycles. The molecule has 2 aromatic carbocycles. The number of para-hydroxylation sites is 1. The molecule has 6 heteroatoms. The van der Waals surface area contributed by atoms with E-state index in [1.54, 1.807) is 0 Å². The van der Waals surface area contributed by atoms with E-state index in [1.165, 1.54) is 10.9 Å². The second-order valence-corrected chi connectivity index (χ2v) is 9.42. The smallest absolute Gasteiger partial charge is 0.407 e. The van der Waals surface area contributed by atoms with Crippen LogP contribution >= 0.6 is 0 Å². The molecule has 0 spiro atoms. The van der Waals surface area contributed by atoms with Gasteiger partial charge in [0.1, 0.15) is 18.0 Å². The lowest BCUT2D eigenvalue weighted by Gasteiger charge is -2.28. The van der Waals surface area contributed by atoms with Crippen LogP contribution in [-0.4, -0.2) is 36.0 Å². The number of hydrogen-bond donors (Lipinski definition) is 1. The Bertz CT molecular complexity index is 1120. The van der Waals surface area contributed by atoms with Crippen molar-refractivity contribution >= 4 is 23.0 Å². The lowest BCUT2D eigenvalue weighted by molar-refractivity contribution is -0.136. The number of benzene rings is 2. The number of likely N-dealkylation sites (tertiary alicyclic amines) is 1. The zero-order chi connectivity index (χ0) is 24.6. The normalized spacial score (nSPS) is 16.4. The number of nitrogens with one attached hydrogen (secondary N) is 1. The summed E-state index contributed by atoms with van der Waals surface area (Å²) < 4.78 is 11.3. The number of aryl methyl sites for hydroxylation is 1. The highest BCUT2D eigenvalue weighted by molar-refractivity contribution is 5.83. The van der Waals surface area contributed by atoms with Crippen molar-refractivity contribution in [1.82, 2.24) is 10.2 Å². The summed E-state index contributed by atoms with van der Waals surface area (Å²) in [5.41, 5.74) is 3.13. The predicted octanol–water partition coefficient (Wildman–Crippen LogP) is 5.87. The molecule has 2 heterocycles. The first-order valence-corrected chi connectivity index (χ1v) is 12.8. The van der Waals surface area contributed by atoms with Gasteiger partial charge in [-0.2, -0.15) is 0 Å². The Morgan fingerprint density at radius 2 is 1.91 bits per heavy atom. The van der Waals surface area contributed by atoms with Gasteiger partial charge in [0.25, 0.3) is 0 Å². The molecule has 1 N–H and O–H groups in total. The minimum Gasteiger partial charge on any atom is -0.461 e. The van der Waals surface area contributed by atoms with E-state index in [-0.39, 0.29) is 24.5 Å². The number of nitrogens with zero attached hydrogens (tertiary/aromatic N) is 1. The summed E-state index contributed by atoms with van der Waals surface area (Å²) in [7, 11) is 0. The van der Waals surface area contributed by atoms with Crippen molar-refractivity contribution in [2.75, 3.05) is 13.1 Å². The summed E-state index contributed by atoms with van der Waals surface area (Å²) in [6, 6.07) is 18.0. The van der Waals surface area contributed by atoms with E-state index in [2.05, 4.69) is 23.2 Å². The average molecular weight is 477 g/mol. The molecule has 0 radical (unpaired) electrons. The highest BCUT2D eigenvalue weighted by Gasteiger charge is 2.32. The van der Waals surface area contributed by atoms with E-state index in [9.17, 15) is 9.59 Å². The summed E-state index contributed by atoms with van der Waals surface area (Å²) >= 11 is 0. The molecule has 4 rings (SSSR count). The van der Waals surface area contributed by atoms with Gasteiger partial charge in [0, 0.05) is 42.4 Å². The minimum absolute atomic E-state index is 0.0792. The van der Waals surface area contributed by atoms with Crippen LogP contribution in [0, 0.1) is 5.92 Å². The molecule has 0 unspecified atom stereocenters. The van der Waals surface area contributed by atoms with Crippen LogP contribution in [-0.2, 0) is 29.0 Å². The molecule has 0 bridgehead atoms. The summed E-state index contributed by atoms with van der Waals surface area (Å²) in [5.74, 6) is 1.17. The Balaban J connectivity index is 1.24. The molecular formula is C29H36N2O4. The zero-order valence-electron chi connectivity index (χ0n) is 20.8. The first kappa shape index (κ1) is 24.8. The third kappa shape index (κ3) is 6.24. The number of carbonyl (C=O) groups excluding carboxylic acids is 2. The second kappa shape index (κ2) is 11.9. The number of amides is 2. The fourth-order valence-corrected chi connectivity index (χ4v) is 5.01. The Labute approximate surface area is 207 Å². The molecule has 1 saturated heterocycles. The fraction of sp³-hybridized carbons (Fsp3) is 0.448. The molecule has 1 aromatic heterocycles. The molecule has 2 atom stereocenters. The lowest BCUT2D eigenvalue weighted by atomic mass is 9.98. The van der Waals surface area contributed by atoms with Crippen LogP contribution < -0.4 is 5.32 Å². The maximum Gasteiger partial charge on any atom is 0.407 e. The average Bonchev–Trinajstić information content (AvgIpc) is 3.50. The number of hydrogen-bond acceptors (Lipinski definition) is 4. The van der Waals surface area contributed by atoms with E-state index >= 15 is 0 Å². The van der Waals surface area contributed by atoms with Gasteiger partial charge in [-0.15, -0.1) is 0 Å². The summed E-state index contributed by atoms with van der Waals surface area (Å²) in [6.07, 6.45) is 4.79. The number of fused-ring (bicyclic) bond motifs is 1. The summed E-state index contributed by atoms with van der Waals surface area (Å²) in [6.45, 7) is 5.68. The maximum atomic E-state index is 13.3. The van der Waals surface area contributed by atoms with Crippen molar-refractivity contribution in [3.8, 4) is 0 Å². The first-order valence-electron chi connectivity index (χ1n) is 12.8. The van der Waals surface area contributed by atoms with E-state index in [0.29, 0.717) is 6.54 Å². The van der Waals surface area contributed by atoms with Gasteiger partial charge in [0.05, 0.1) is 0 Å². The van der Waals surface area contributed by atoms with E-state index in [0.717, 1.165) is 62.0 Å². The molecule has 6 nitrogen and oxygen atoms in total. The van der Waals surface area contributed by atoms with Crippen LogP contribution in [0.4, 0.5) is 4.79 Å². The van der Waals surface area contributed by atoms with Crippen LogP contribution in [0.1, 0.15) is 56.4 Å². The molecule has 0 aliphatic carbocycles. The molecule has 1 aliphatic rings. The van der Waals surface area contributed by atoms with Crippen LogP contribution in [0.3, 0.4) is 0 Å². The topological polar surface area (TPSA) is 71.8 Å². The second-order valence-electron chi connectivity index (χ2n) is 9.42. The highest BCUT2D eigenvalue weighted by Crippen LogP contribution is 2.31. The monoisotopic (exact) mass is 476 g/mol. The molecule has 2 amide bonds. The highest BCUT2D eigenvalue weighted by atomic mass is 16.5. The number of alkyl carbamates (subject to hydrolysis) is 1. The van der Waals surface area contributed by atoms with Gasteiger partial charge in [-0.25, -0.2) is 4.79 Å². The number of ether oxygens (including phenoxy) is 1. The number of furan rings is 1. The first-order chi connectivity index (χ1) is 17.1. The zero-order valence-corrected chi connectivity index (χ0v) is 20.8. The van der Waals surface area contributed by atoms with Crippen molar-refractivity contribution in [2.45, 2.75) is 65.0 Å². The Hall–Kier alpha value is -3.28. The van der Waals surface area contributed by atoms with E-state index < -0.39 is 6.09 Å². The standard InChI is InChI=1S/C29H36N2O4/c1-3-26-25(24-15-7-8-16-27(24)35-26)19-23-14-10-18-31(23)28(32)21(2)11-9-17-30-29(33)34-20-22-12-5-4-6-13-22/h4-8,12-13,15-16,21,23H,3,9-11,14,17-20H2,1-2H3,(H,30,33)/t21-,23-/m0/s1. The van der Waals surface area contributed by atoms with E-state index in [1.807, 2.05) is 55.5 Å². The lowest BCUT2D eigenvalue weighted by Crippen LogP contribution is -2.40. The minimum atomic E-state index is -0.425. The van der Waals surface area contributed by atoms with Crippen LogP contribution in [0.25, 0.3) is 11.0 Å². The van der Waals surface area contributed by atoms with Gasteiger partial charge in [0.15, 0.2) is 0 Å². The fourth-order valence-electron chi connectivity index (χ4n) is 5.01. The Kier molecular flexibility index (Phi) is 8.45. The van der Waals surface area contributed by atoms with Gasteiger partial charge in [0.2, 0.25) is 5.91 Å². The van der Waals surface area contributed by atoms with E-state index in [4.69, 9.17) is 9.15 Å². The van der Waals surface area contributed by atoms with Gasteiger partial charge < -0.3 is 19.4 Å². The largest absolute Gasteiger partial charge is 0.461 e. The van der Waals surface area contributed by atoms with Gasteiger partial charge in [-0.1, -0.05) is 62.4 Å². The third-order valence-corrected chi connectivity index (χ3v) is 6.92. The van der Waals surface area contributed by atoms with Crippen LogP contribution in [0.2, 0.25) is 0 Å². The van der Waals surface area contributed by atoms with Crippen molar-refractivity contribution in [3.05, 3.63) is 71.5 Å². The van der Waals surface area contributed by atoms with Gasteiger partial charge >= 0.3 is 6.09 Å². The SMILES string of the molecule is CCc1oc2ccccc2c1C[C@@H]1CCCN1C(=O)[C@@H](C)CCCNC(=O)OCc1ccccc1. The number of carbonyl (C=O) groups is 2. The molecule has 186 valence electrons. The Morgan fingerprint density at radius 3 is 2.71 bits per heavy atom. The molecular weight excluding hydrogens is 440 g/mol. The quantitative estimate of drug-likeness (QED) is 0.371. The van der Waals surface area contributed by atoms with Crippen molar-refractivity contribution in [3.63, 3.8) is 0 Å². The van der Waals surface area contributed by atoms with Crippen molar-refractivity contribution in [2.24, 2.45) is 5.92 Å². The van der Waals surface area contributed by atoms with Gasteiger partial charge in [-0.05, 0) is 43.7 Å². The third-order valence-electron chi connectivity index (χ3n) is 6.92. The predicted molar refractivity (Wildman–Crippen MR) is 137 cm³/mol. The van der Waals surface area contributed by atoms with Crippen LogP contribution in [0.5, 0.6) is 0 Å². The summed E-state index contributed by atoms with van der Waals surface area (Å²) in [5, 5.41) is 3.96. The molecule has 35 heavy (non-hydrogen) atoms. The van der Waals surface area contributed by atoms with Crippen LogP contribution in [0.15, 0.2) is 59.0 Å². The summed E-state index contributed by atoms with van der Waals surface area (Å²) in [4.78, 5) is 27.3. The Morgan fingerprint density at radius 1 is 1.14 bits per heavy atom. The molecule has 0 saturated carbocycles.